The molecule has 0 N–H and O–H groups in total. The molecule has 0 radical (unpaired) electrons. The molecule has 1 fully saturated rings. The van der Waals surface area contributed by atoms with Gasteiger partial charge in [0.05, 0.1) is 10.5 Å². The second kappa shape index (κ2) is 7.72. The van der Waals surface area contributed by atoms with Crippen LogP contribution in [0.1, 0.15) is 5.56 Å². The number of aromatic nitrogens is 1. The maximum atomic E-state index is 13.3. The van der Waals surface area contributed by atoms with Gasteiger partial charge in [-0.3, -0.25) is 0 Å². The highest BCUT2D eigenvalue weighted by Crippen LogP contribution is 2.37. The number of fused-ring (bicyclic) bond motifs is 3. The van der Waals surface area contributed by atoms with E-state index in [1.807, 2.05) is 30.3 Å². The molecule has 3 heterocycles. The highest BCUT2D eigenvalue weighted by atomic mass is 32.2. The van der Waals surface area contributed by atoms with Crippen LogP contribution in [0.4, 0.5) is 19.0 Å². The fourth-order valence-corrected chi connectivity index (χ4v) is 6.70. The minimum Gasteiger partial charge on any atom is -0.353 e. The van der Waals surface area contributed by atoms with E-state index >= 15 is 0 Å². The van der Waals surface area contributed by atoms with Gasteiger partial charge in [-0.1, -0.05) is 24.3 Å². The predicted molar refractivity (Wildman–Crippen MR) is 120 cm³/mol. The summed E-state index contributed by atoms with van der Waals surface area (Å²) < 4.78 is 69.7. The number of benzene rings is 2. The number of piperazine rings is 1. The van der Waals surface area contributed by atoms with Crippen molar-refractivity contribution in [3.63, 3.8) is 0 Å². The maximum Gasteiger partial charge on any atom is 0.419 e. The van der Waals surface area contributed by atoms with E-state index in [2.05, 4.69) is 4.98 Å². The van der Waals surface area contributed by atoms with E-state index in [1.54, 1.807) is 12.1 Å². The summed E-state index contributed by atoms with van der Waals surface area (Å²) in [6.45, 7) is 0.427. The molecule has 1 aliphatic rings. The predicted octanol–water partition coefficient (Wildman–Crippen LogP) is 4.98. The molecule has 0 amide bonds. The number of rotatable bonds is 3. The summed E-state index contributed by atoms with van der Waals surface area (Å²) in [6, 6.07) is 15.2. The third-order valence-electron chi connectivity index (χ3n) is 5.62. The van der Waals surface area contributed by atoms with E-state index in [0.717, 1.165) is 26.2 Å². The highest BCUT2D eigenvalue weighted by molar-refractivity contribution is 7.89. The van der Waals surface area contributed by atoms with Crippen molar-refractivity contribution in [1.82, 2.24) is 9.29 Å². The second-order valence-electron chi connectivity index (χ2n) is 7.52. The average Bonchev–Trinajstić information content (AvgIpc) is 3.16. The van der Waals surface area contributed by atoms with Crippen molar-refractivity contribution in [1.29, 1.82) is 0 Å². The number of alkyl halides is 3. The molecule has 166 valence electrons. The summed E-state index contributed by atoms with van der Waals surface area (Å²) in [6.07, 6.45) is -3.21. The van der Waals surface area contributed by atoms with Crippen LogP contribution in [0.5, 0.6) is 0 Å². The van der Waals surface area contributed by atoms with Crippen LogP contribution in [0.3, 0.4) is 0 Å². The van der Waals surface area contributed by atoms with E-state index < -0.39 is 21.8 Å². The van der Waals surface area contributed by atoms with Crippen molar-refractivity contribution >= 4 is 47.4 Å². The minimum absolute atomic E-state index is 0.0840. The van der Waals surface area contributed by atoms with Crippen molar-refractivity contribution < 1.29 is 21.6 Å². The lowest BCUT2D eigenvalue weighted by atomic mass is 10.2. The Kier molecular flexibility index (Phi) is 5.11. The molecule has 5 rings (SSSR count). The zero-order valence-electron chi connectivity index (χ0n) is 16.7. The summed E-state index contributed by atoms with van der Waals surface area (Å²) in [7, 11) is -3.76. The van der Waals surface area contributed by atoms with Crippen LogP contribution in [0.15, 0.2) is 65.7 Å². The van der Waals surface area contributed by atoms with Crippen LogP contribution < -0.4 is 4.90 Å². The Labute approximate surface area is 186 Å². The molecule has 0 spiro atoms. The lowest BCUT2D eigenvalue weighted by molar-refractivity contribution is -0.137. The number of hydrogen-bond donors (Lipinski definition) is 0. The Morgan fingerprint density at radius 2 is 1.59 bits per heavy atom. The van der Waals surface area contributed by atoms with E-state index in [-0.39, 0.29) is 36.9 Å². The number of sulfonamides is 1. The molecule has 0 saturated carbocycles. The van der Waals surface area contributed by atoms with Gasteiger partial charge in [-0.05, 0) is 30.3 Å². The van der Waals surface area contributed by atoms with Gasteiger partial charge < -0.3 is 4.90 Å². The van der Waals surface area contributed by atoms with Gasteiger partial charge in [0, 0.05) is 52.5 Å². The molecular formula is C22H18F3N3O2S2. The van der Waals surface area contributed by atoms with Crippen LogP contribution in [0.2, 0.25) is 0 Å². The third kappa shape index (κ3) is 3.62. The topological polar surface area (TPSA) is 53.5 Å². The smallest absolute Gasteiger partial charge is 0.353 e. The quantitative estimate of drug-likeness (QED) is 0.418. The standard InChI is InChI=1S/C22H18F3N3O2S2/c23-22(24,25)18-5-3-9-26-21(18)27-10-12-28(13-11-27)32(29,30)15-7-8-17-16-4-1-2-6-19(16)31-20(17)14-15/h1-9,14H,10-13H2. The molecule has 4 aromatic rings. The number of halogens is 3. The minimum atomic E-state index is -4.52. The molecule has 0 unspecified atom stereocenters. The molecule has 2 aromatic carbocycles. The van der Waals surface area contributed by atoms with E-state index in [1.165, 1.54) is 32.8 Å². The number of hydrogen-bond acceptors (Lipinski definition) is 5. The van der Waals surface area contributed by atoms with Crippen molar-refractivity contribution in [3.05, 3.63) is 66.4 Å². The Hall–Kier alpha value is -2.69. The van der Waals surface area contributed by atoms with Crippen molar-refractivity contribution in [2.24, 2.45) is 0 Å². The normalized spacial score (nSPS) is 16.2. The third-order valence-corrected chi connectivity index (χ3v) is 8.65. The molecule has 0 aliphatic carbocycles. The Balaban J connectivity index is 1.39. The first-order valence-electron chi connectivity index (χ1n) is 9.94. The fraction of sp³-hybridized carbons (Fsp3) is 0.227. The lowest BCUT2D eigenvalue weighted by Crippen LogP contribution is -2.49. The van der Waals surface area contributed by atoms with Gasteiger partial charge in [-0.25, -0.2) is 13.4 Å². The van der Waals surface area contributed by atoms with Crippen molar-refractivity contribution in [2.75, 3.05) is 31.1 Å². The molecule has 32 heavy (non-hydrogen) atoms. The van der Waals surface area contributed by atoms with E-state index in [0.29, 0.717) is 0 Å². The molecule has 10 heteroatoms. The summed E-state index contributed by atoms with van der Waals surface area (Å²) in [4.78, 5) is 5.59. The van der Waals surface area contributed by atoms with Crippen molar-refractivity contribution in [2.45, 2.75) is 11.1 Å². The fourth-order valence-electron chi connectivity index (χ4n) is 4.03. The van der Waals surface area contributed by atoms with Gasteiger partial charge in [0.1, 0.15) is 5.82 Å². The SMILES string of the molecule is O=S(=O)(c1ccc2c(c1)sc1ccccc12)N1CCN(c2ncccc2C(F)(F)F)CC1. The van der Waals surface area contributed by atoms with E-state index in [9.17, 15) is 21.6 Å². The highest BCUT2D eigenvalue weighted by Gasteiger charge is 2.37. The number of pyridine rings is 1. The van der Waals surface area contributed by atoms with Crippen molar-refractivity contribution in [3.8, 4) is 0 Å². The molecule has 0 bridgehead atoms. The maximum absolute atomic E-state index is 13.3. The molecule has 2 aromatic heterocycles. The summed E-state index contributed by atoms with van der Waals surface area (Å²) in [5.41, 5.74) is -0.813. The summed E-state index contributed by atoms with van der Waals surface area (Å²) in [5, 5.41) is 2.09. The van der Waals surface area contributed by atoms with Crippen LogP contribution in [0, 0.1) is 0 Å². The Morgan fingerprint density at radius 3 is 2.34 bits per heavy atom. The zero-order chi connectivity index (χ0) is 22.5. The first kappa shape index (κ1) is 21.2. The monoisotopic (exact) mass is 477 g/mol. The van der Waals surface area contributed by atoms with Crippen LogP contribution in [-0.2, 0) is 16.2 Å². The number of anilines is 1. The van der Waals surface area contributed by atoms with E-state index in [4.69, 9.17) is 0 Å². The second-order valence-corrected chi connectivity index (χ2v) is 10.5. The van der Waals surface area contributed by atoms with Gasteiger partial charge in [0.2, 0.25) is 10.0 Å². The first-order chi connectivity index (χ1) is 15.2. The molecule has 0 atom stereocenters. The molecule has 1 saturated heterocycles. The first-order valence-corrected chi connectivity index (χ1v) is 12.2. The molecule has 1 aliphatic heterocycles. The van der Waals surface area contributed by atoms with Gasteiger partial charge >= 0.3 is 6.18 Å². The molecular weight excluding hydrogens is 459 g/mol. The van der Waals surface area contributed by atoms with Crippen LogP contribution >= 0.6 is 11.3 Å². The van der Waals surface area contributed by atoms with Gasteiger partial charge in [-0.2, -0.15) is 17.5 Å². The summed E-state index contributed by atoms with van der Waals surface area (Å²) in [5.74, 6) is -0.163. The Bertz CT molecular complexity index is 1410. The average molecular weight is 478 g/mol. The number of nitrogens with zero attached hydrogens (tertiary/aromatic N) is 3. The van der Waals surface area contributed by atoms with Crippen LogP contribution in [0.25, 0.3) is 20.2 Å². The lowest BCUT2D eigenvalue weighted by Gasteiger charge is -2.35. The molecule has 5 nitrogen and oxygen atoms in total. The van der Waals surface area contributed by atoms with Gasteiger partial charge in [-0.15, -0.1) is 11.3 Å². The van der Waals surface area contributed by atoms with Crippen LogP contribution in [-0.4, -0.2) is 43.9 Å². The largest absolute Gasteiger partial charge is 0.419 e. The summed E-state index contributed by atoms with van der Waals surface area (Å²) >= 11 is 1.53. The zero-order valence-corrected chi connectivity index (χ0v) is 18.3. The number of thiophene rings is 1. The van der Waals surface area contributed by atoms with Gasteiger partial charge in [0.25, 0.3) is 0 Å². The van der Waals surface area contributed by atoms with Gasteiger partial charge in [0.15, 0.2) is 0 Å². The Morgan fingerprint density at radius 1 is 0.875 bits per heavy atom.